The summed E-state index contributed by atoms with van der Waals surface area (Å²) in [6, 6.07) is -1.27. The lowest BCUT2D eigenvalue weighted by atomic mass is 10.2. The molecular weight excluding hydrogens is 136 g/mol. The molecule has 52 valence electrons. The van der Waals surface area contributed by atoms with E-state index < -0.39 is 16.9 Å². The molecule has 1 atom stereocenters. The van der Waals surface area contributed by atoms with Gasteiger partial charge in [0.25, 0.3) is 0 Å². The fourth-order valence-corrected chi connectivity index (χ4v) is 0.591. The first-order valence-corrected chi connectivity index (χ1v) is 2.60. The van der Waals surface area contributed by atoms with E-state index in [2.05, 4.69) is 4.99 Å². The number of aliphatic imine (C=N–C) groups is 1. The second kappa shape index (κ2) is 2.38. The van der Waals surface area contributed by atoms with Gasteiger partial charge in [-0.2, -0.15) is 0 Å². The Labute approximate surface area is 56.2 Å². The topological polar surface area (TPSA) is 72.6 Å². The highest BCUT2D eigenvalue weighted by atomic mass is 16.6. The van der Waals surface area contributed by atoms with Crippen LogP contribution in [-0.4, -0.2) is 23.1 Å². The quantitative estimate of drug-likeness (QED) is 0.374. The maximum atomic E-state index is 10.5. The van der Waals surface area contributed by atoms with Crippen LogP contribution in [0.5, 0.6) is 0 Å². The van der Waals surface area contributed by atoms with Crippen molar-refractivity contribution in [3.63, 3.8) is 0 Å². The van der Waals surface area contributed by atoms with Gasteiger partial charge in [-0.1, -0.05) is 0 Å². The van der Waals surface area contributed by atoms with Gasteiger partial charge >= 0.3 is 11.9 Å². The molecule has 0 bridgehead atoms. The molecule has 0 N–H and O–H groups in total. The third kappa shape index (κ3) is 1.07. The van der Waals surface area contributed by atoms with Gasteiger partial charge in [0.1, 0.15) is 0 Å². The van der Waals surface area contributed by atoms with Crippen molar-refractivity contribution >= 4 is 12.1 Å². The number of nitrogens with zero attached hydrogens (tertiary/aromatic N) is 2. The van der Waals surface area contributed by atoms with Crippen molar-refractivity contribution in [3.8, 4) is 0 Å². The Morgan fingerprint density at radius 2 is 2.40 bits per heavy atom. The molecule has 0 unspecified atom stereocenters. The van der Waals surface area contributed by atoms with Gasteiger partial charge in [0, 0.05) is 17.2 Å². The lowest BCUT2D eigenvalue weighted by Gasteiger charge is -2.00. The van der Waals surface area contributed by atoms with E-state index in [4.69, 9.17) is 0 Å². The zero-order valence-electron chi connectivity index (χ0n) is 4.93. The summed E-state index contributed by atoms with van der Waals surface area (Å²) in [5.41, 5.74) is 0. The van der Waals surface area contributed by atoms with Crippen molar-refractivity contribution in [2.45, 2.75) is 6.04 Å². The van der Waals surface area contributed by atoms with Gasteiger partial charge in [-0.05, 0) is 6.08 Å². The second-order valence-corrected chi connectivity index (χ2v) is 1.73. The van der Waals surface area contributed by atoms with Gasteiger partial charge in [-0.15, -0.1) is 0 Å². The van der Waals surface area contributed by atoms with E-state index in [1.54, 1.807) is 0 Å². The molecule has 0 fully saturated rings. The fraction of sp³-hybridized carbons (Fsp3) is 0.200. The van der Waals surface area contributed by atoms with Crippen LogP contribution < -0.4 is 0 Å². The lowest BCUT2D eigenvalue weighted by molar-refractivity contribution is -0.494. The first-order chi connectivity index (χ1) is 4.72. The van der Waals surface area contributed by atoms with E-state index >= 15 is 0 Å². The van der Waals surface area contributed by atoms with Crippen LogP contribution in [0.25, 0.3) is 0 Å². The zero-order valence-corrected chi connectivity index (χ0v) is 4.93. The van der Waals surface area contributed by atoms with Gasteiger partial charge in [0.05, 0.1) is 0 Å². The average molecular weight is 140 g/mol. The molecule has 0 saturated carbocycles. The van der Waals surface area contributed by atoms with Crippen molar-refractivity contribution < 1.29 is 9.72 Å². The lowest BCUT2D eigenvalue weighted by Crippen LogP contribution is -2.27. The molecule has 0 radical (unpaired) electrons. The third-order valence-corrected chi connectivity index (χ3v) is 1.06. The molecule has 0 aromatic heterocycles. The SMILES string of the molecule is O=C1N=CC=C[C@H]1[N+](=O)[O-]. The van der Waals surface area contributed by atoms with E-state index in [9.17, 15) is 14.9 Å². The Hall–Kier alpha value is -1.52. The average Bonchev–Trinajstić information content (AvgIpc) is 1.88. The molecule has 1 aliphatic heterocycles. The largest absolute Gasteiger partial charge is 0.324 e. The molecular formula is C5H4N2O3. The molecule has 10 heavy (non-hydrogen) atoms. The highest BCUT2D eigenvalue weighted by molar-refractivity contribution is 5.95. The molecule has 5 heteroatoms. The van der Waals surface area contributed by atoms with Crippen LogP contribution in [0.4, 0.5) is 0 Å². The molecule has 1 rings (SSSR count). The summed E-state index contributed by atoms with van der Waals surface area (Å²) in [4.78, 5) is 23.1. The smallest absolute Gasteiger partial charge is 0.264 e. The predicted molar refractivity (Wildman–Crippen MR) is 33.4 cm³/mol. The van der Waals surface area contributed by atoms with Crippen LogP contribution >= 0.6 is 0 Å². The molecule has 0 aromatic carbocycles. The first kappa shape index (κ1) is 6.60. The number of amides is 1. The molecule has 1 amide bonds. The van der Waals surface area contributed by atoms with Crippen molar-refractivity contribution in [2.75, 3.05) is 0 Å². The van der Waals surface area contributed by atoms with E-state index in [-0.39, 0.29) is 0 Å². The summed E-state index contributed by atoms with van der Waals surface area (Å²) < 4.78 is 0. The van der Waals surface area contributed by atoms with Gasteiger partial charge < -0.3 is 0 Å². The molecule has 1 aliphatic rings. The second-order valence-electron chi connectivity index (χ2n) is 1.73. The van der Waals surface area contributed by atoms with Crippen molar-refractivity contribution in [2.24, 2.45) is 4.99 Å². The van der Waals surface area contributed by atoms with E-state index in [1.807, 2.05) is 0 Å². The highest BCUT2D eigenvalue weighted by Crippen LogP contribution is 1.99. The Morgan fingerprint density at radius 1 is 1.70 bits per heavy atom. The molecule has 0 aliphatic carbocycles. The maximum Gasteiger partial charge on any atom is 0.324 e. The summed E-state index contributed by atoms with van der Waals surface area (Å²) in [7, 11) is 0. The number of carbonyl (C=O) groups is 1. The molecule has 0 spiro atoms. The molecule has 1 heterocycles. The summed E-state index contributed by atoms with van der Waals surface area (Å²) in [6.07, 6.45) is 3.83. The Balaban J connectivity index is 2.80. The van der Waals surface area contributed by atoms with Crippen LogP contribution in [0, 0.1) is 10.1 Å². The monoisotopic (exact) mass is 140 g/mol. The number of rotatable bonds is 1. The van der Waals surface area contributed by atoms with E-state index in [1.165, 1.54) is 18.4 Å². The van der Waals surface area contributed by atoms with Gasteiger partial charge in [-0.3, -0.25) is 14.9 Å². The van der Waals surface area contributed by atoms with E-state index in [0.717, 1.165) is 0 Å². The van der Waals surface area contributed by atoms with Gasteiger partial charge in [0.2, 0.25) is 0 Å². The summed E-state index contributed by atoms with van der Waals surface area (Å²) in [6.45, 7) is 0. The predicted octanol–water partition coefficient (Wildman–Crippen LogP) is -0.201. The minimum absolute atomic E-state index is 0.671. The van der Waals surface area contributed by atoms with Crippen molar-refractivity contribution in [1.82, 2.24) is 0 Å². The third-order valence-electron chi connectivity index (χ3n) is 1.06. The normalized spacial score (nSPS) is 23.2. The number of allylic oxidation sites excluding steroid dienone is 1. The Kier molecular flexibility index (Phi) is 1.57. The number of hydrogen-bond acceptors (Lipinski definition) is 3. The highest BCUT2D eigenvalue weighted by Gasteiger charge is 2.26. The summed E-state index contributed by atoms with van der Waals surface area (Å²) in [5.74, 6) is -0.715. The summed E-state index contributed by atoms with van der Waals surface area (Å²) >= 11 is 0. The standard InChI is InChI=1S/C5H4N2O3/c8-5-4(7(9)10)2-1-3-6-5/h1-4H/t4-/m1/s1. The molecule has 0 saturated heterocycles. The molecule has 5 nitrogen and oxygen atoms in total. The van der Waals surface area contributed by atoms with Crippen molar-refractivity contribution in [3.05, 3.63) is 22.3 Å². The number of carbonyl (C=O) groups excluding carboxylic acids is 1. The summed E-state index contributed by atoms with van der Waals surface area (Å²) in [5, 5.41) is 10.0. The Bertz CT molecular complexity index is 231. The van der Waals surface area contributed by atoms with Crippen LogP contribution in [0.3, 0.4) is 0 Å². The zero-order chi connectivity index (χ0) is 7.56. The Morgan fingerprint density at radius 3 is 2.80 bits per heavy atom. The first-order valence-electron chi connectivity index (χ1n) is 2.60. The van der Waals surface area contributed by atoms with Crippen LogP contribution in [-0.2, 0) is 4.79 Å². The van der Waals surface area contributed by atoms with Crippen LogP contribution in [0.2, 0.25) is 0 Å². The van der Waals surface area contributed by atoms with Crippen LogP contribution in [0.1, 0.15) is 0 Å². The minimum Gasteiger partial charge on any atom is -0.264 e. The van der Waals surface area contributed by atoms with Crippen molar-refractivity contribution in [1.29, 1.82) is 0 Å². The van der Waals surface area contributed by atoms with Crippen LogP contribution in [0.15, 0.2) is 17.1 Å². The number of nitro groups is 1. The molecule has 0 aromatic rings. The number of hydrogen-bond donors (Lipinski definition) is 0. The fourth-order valence-electron chi connectivity index (χ4n) is 0.591. The minimum atomic E-state index is -1.27. The maximum absolute atomic E-state index is 10.5. The number of dihydropyridines is 1. The van der Waals surface area contributed by atoms with Gasteiger partial charge in [-0.25, -0.2) is 4.99 Å². The van der Waals surface area contributed by atoms with E-state index in [0.29, 0.717) is 0 Å². The van der Waals surface area contributed by atoms with Gasteiger partial charge in [0.15, 0.2) is 0 Å².